The average Bonchev–Trinajstić information content (AvgIpc) is 2.87. The molecule has 2 heterocycles. The summed E-state index contributed by atoms with van der Waals surface area (Å²) in [5, 5.41) is 2.59. The molecule has 0 saturated carbocycles. The first-order chi connectivity index (χ1) is 18.3. The molecule has 38 heavy (non-hydrogen) atoms. The molecule has 0 unspecified atom stereocenters. The van der Waals surface area contributed by atoms with Gasteiger partial charge in [0.15, 0.2) is 0 Å². The first kappa shape index (κ1) is 24.3. The van der Waals surface area contributed by atoms with Gasteiger partial charge in [-0.15, -0.1) is 0 Å². The first-order valence-corrected chi connectivity index (χ1v) is 13.5. The summed E-state index contributed by atoms with van der Waals surface area (Å²) in [6.07, 6.45) is 1.79. The van der Waals surface area contributed by atoms with Gasteiger partial charge in [0.25, 0.3) is 5.56 Å². The number of halogens is 1. The molecule has 4 aromatic carbocycles. The summed E-state index contributed by atoms with van der Waals surface area (Å²) in [5.74, 6) is 0. The van der Waals surface area contributed by atoms with Crippen molar-refractivity contribution in [3.05, 3.63) is 128 Å². The number of hydrogen-bond acceptors (Lipinski definition) is 2. The molecule has 0 fully saturated rings. The molecule has 0 amide bonds. The number of fused-ring (bicyclic) bond motifs is 2. The summed E-state index contributed by atoms with van der Waals surface area (Å²) in [6, 6.07) is 29.1. The number of aromatic nitrogens is 2. The van der Waals surface area contributed by atoms with Crippen molar-refractivity contribution in [3.8, 4) is 28.1 Å². The number of hydrogen-bond donors (Lipinski definition) is 0. The van der Waals surface area contributed by atoms with Gasteiger partial charge >= 0.3 is 0 Å². The van der Waals surface area contributed by atoms with Crippen LogP contribution < -0.4 is 5.56 Å². The molecule has 4 heteroatoms. The van der Waals surface area contributed by atoms with Gasteiger partial charge < -0.3 is 0 Å². The largest absolute Gasteiger partial charge is 0.274 e. The van der Waals surface area contributed by atoms with Gasteiger partial charge in [-0.1, -0.05) is 80.6 Å². The number of nitrogens with zero attached hydrogens (tertiary/aromatic N) is 2. The van der Waals surface area contributed by atoms with Gasteiger partial charge in [-0.2, -0.15) is 0 Å². The lowest BCUT2D eigenvalue weighted by Crippen LogP contribution is -2.22. The Morgan fingerprint density at radius 3 is 2.00 bits per heavy atom. The highest BCUT2D eigenvalue weighted by molar-refractivity contribution is 9.10. The lowest BCUT2D eigenvalue weighted by Gasteiger charge is -2.22. The molecule has 3 nitrogen and oxygen atoms in total. The van der Waals surface area contributed by atoms with Crippen molar-refractivity contribution in [3.63, 3.8) is 0 Å². The Labute approximate surface area is 230 Å². The molecule has 0 spiro atoms. The molecule has 0 radical (unpaired) electrons. The third-order valence-electron chi connectivity index (χ3n) is 7.00. The molecular weight excluding hydrogens is 532 g/mol. The second kappa shape index (κ2) is 9.38. The zero-order valence-corrected chi connectivity index (χ0v) is 23.4. The van der Waals surface area contributed by atoms with E-state index in [1.807, 2.05) is 47.0 Å². The summed E-state index contributed by atoms with van der Waals surface area (Å²) in [6.45, 7) is 8.45. The van der Waals surface area contributed by atoms with Crippen LogP contribution in [0.25, 0.3) is 49.7 Å². The Kier molecular flexibility index (Phi) is 6.00. The number of pyridine rings is 2. The van der Waals surface area contributed by atoms with E-state index in [2.05, 4.69) is 86.1 Å². The fraction of sp³-hybridized carbons (Fsp3) is 0.118. The lowest BCUT2D eigenvalue weighted by molar-refractivity contribution is 1.02. The molecule has 0 aliphatic carbocycles. The van der Waals surface area contributed by atoms with Gasteiger partial charge in [0.05, 0.1) is 16.9 Å². The molecular formula is C34H27BrN2O. The highest BCUT2D eigenvalue weighted by Crippen LogP contribution is 2.40. The molecule has 2 aromatic heterocycles. The summed E-state index contributed by atoms with van der Waals surface area (Å²) < 4.78 is 2.82. The predicted octanol–water partition coefficient (Wildman–Crippen LogP) is 8.87. The SMILES string of the molecule is Cc1cc(C)cc(-c2c(-c3cc(C)cc(C)c3)n(-c3cccc4cccnc34)c(=O)c3ccc(Br)cc23)c1. The van der Waals surface area contributed by atoms with Crippen molar-refractivity contribution in [1.29, 1.82) is 0 Å². The van der Waals surface area contributed by atoms with Gasteiger partial charge in [0.2, 0.25) is 0 Å². The standard InChI is InChI=1S/C34H27BrN2O/c1-20-13-21(2)16-25(15-20)31-29-19-27(35)10-11-28(29)34(38)37(33(31)26-17-22(3)14-23(4)18-26)30-9-5-7-24-8-6-12-36-32(24)30/h5-19H,1-4H3. The van der Waals surface area contributed by atoms with E-state index in [0.29, 0.717) is 5.39 Å². The molecule has 0 atom stereocenters. The lowest BCUT2D eigenvalue weighted by atomic mass is 9.90. The fourth-order valence-electron chi connectivity index (χ4n) is 5.67. The van der Waals surface area contributed by atoms with Crippen LogP contribution in [0.3, 0.4) is 0 Å². The number of aryl methyl sites for hydroxylation is 4. The minimum Gasteiger partial charge on any atom is -0.274 e. The van der Waals surface area contributed by atoms with Crippen molar-refractivity contribution in [2.75, 3.05) is 0 Å². The van der Waals surface area contributed by atoms with Crippen LogP contribution in [0.4, 0.5) is 0 Å². The average molecular weight is 560 g/mol. The first-order valence-electron chi connectivity index (χ1n) is 12.7. The van der Waals surface area contributed by atoms with E-state index in [1.165, 1.54) is 11.1 Å². The van der Waals surface area contributed by atoms with Gasteiger partial charge in [0, 0.05) is 27.0 Å². The Balaban J connectivity index is 1.91. The molecule has 6 aromatic rings. The van der Waals surface area contributed by atoms with Crippen molar-refractivity contribution in [2.45, 2.75) is 27.7 Å². The number of rotatable bonds is 3. The zero-order chi connectivity index (χ0) is 26.6. The molecule has 0 N–H and O–H groups in total. The highest BCUT2D eigenvalue weighted by atomic mass is 79.9. The van der Waals surface area contributed by atoms with Gasteiger partial charge in [-0.3, -0.25) is 14.3 Å². The second-order valence-electron chi connectivity index (χ2n) is 10.2. The zero-order valence-electron chi connectivity index (χ0n) is 21.8. The number of para-hydroxylation sites is 1. The summed E-state index contributed by atoms with van der Waals surface area (Å²) in [5.41, 5.74) is 10.2. The van der Waals surface area contributed by atoms with Crippen molar-refractivity contribution < 1.29 is 0 Å². The van der Waals surface area contributed by atoms with Gasteiger partial charge in [-0.05, 0) is 86.7 Å². The van der Waals surface area contributed by atoms with E-state index in [1.54, 1.807) is 6.20 Å². The molecule has 0 saturated heterocycles. The third kappa shape index (κ3) is 4.15. The van der Waals surface area contributed by atoms with Gasteiger partial charge in [-0.25, -0.2) is 0 Å². The van der Waals surface area contributed by atoms with Crippen molar-refractivity contribution in [2.24, 2.45) is 0 Å². The van der Waals surface area contributed by atoms with E-state index >= 15 is 0 Å². The van der Waals surface area contributed by atoms with Crippen LogP contribution in [0.2, 0.25) is 0 Å². The quantitative estimate of drug-likeness (QED) is 0.217. The van der Waals surface area contributed by atoms with Crippen LogP contribution in [0, 0.1) is 27.7 Å². The fourth-order valence-corrected chi connectivity index (χ4v) is 6.03. The van der Waals surface area contributed by atoms with E-state index in [4.69, 9.17) is 4.98 Å². The molecule has 186 valence electrons. The van der Waals surface area contributed by atoms with Crippen LogP contribution >= 0.6 is 15.9 Å². The number of benzene rings is 4. The minimum absolute atomic E-state index is 0.0621. The van der Waals surface area contributed by atoms with E-state index in [-0.39, 0.29) is 5.56 Å². The Bertz CT molecular complexity index is 1910. The van der Waals surface area contributed by atoms with E-state index < -0.39 is 0 Å². The van der Waals surface area contributed by atoms with Crippen molar-refractivity contribution >= 4 is 37.6 Å². The minimum atomic E-state index is -0.0621. The topological polar surface area (TPSA) is 34.9 Å². The van der Waals surface area contributed by atoms with E-state index in [0.717, 1.165) is 60.0 Å². The van der Waals surface area contributed by atoms with Crippen LogP contribution in [0.5, 0.6) is 0 Å². The van der Waals surface area contributed by atoms with Crippen LogP contribution in [-0.2, 0) is 0 Å². The summed E-state index contributed by atoms with van der Waals surface area (Å²) in [4.78, 5) is 19.2. The summed E-state index contributed by atoms with van der Waals surface area (Å²) in [7, 11) is 0. The maximum Gasteiger partial charge on any atom is 0.263 e. The molecule has 0 aliphatic rings. The highest BCUT2D eigenvalue weighted by Gasteiger charge is 2.23. The predicted molar refractivity (Wildman–Crippen MR) is 162 cm³/mol. The van der Waals surface area contributed by atoms with Crippen LogP contribution in [0.15, 0.2) is 100 Å². The molecule has 0 aliphatic heterocycles. The van der Waals surface area contributed by atoms with Crippen LogP contribution in [-0.4, -0.2) is 9.55 Å². The van der Waals surface area contributed by atoms with Crippen LogP contribution in [0.1, 0.15) is 22.3 Å². The Hall–Kier alpha value is -4.02. The maximum absolute atomic E-state index is 14.5. The second-order valence-corrected chi connectivity index (χ2v) is 11.1. The normalized spacial score (nSPS) is 11.4. The monoisotopic (exact) mass is 558 g/mol. The third-order valence-corrected chi connectivity index (χ3v) is 7.50. The Morgan fingerprint density at radius 1 is 0.684 bits per heavy atom. The van der Waals surface area contributed by atoms with Crippen molar-refractivity contribution in [1.82, 2.24) is 9.55 Å². The smallest absolute Gasteiger partial charge is 0.263 e. The molecule has 6 rings (SSSR count). The summed E-state index contributed by atoms with van der Waals surface area (Å²) >= 11 is 3.67. The Morgan fingerprint density at radius 2 is 1.32 bits per heavy atom. The van der Waals surface area contributed by atoms with Gasteiger partial charge in [0.1, 0.15) is 0 Å². The maximum atomic E-state index is 14.5. The van der Waals surface area contributed by atoms with E-state index in [9.17, 15) is 4.79 Å². The molecule has 0 bridgehead atoms.